The molecule has 1 aromatic rings. The molecule has 1 aliphatic heterocycles. The lowest BCUT2D eigenvalue weighted by Gasteiger charge is -2.33. The van der Waals surface area contributed by atoms with Gasteiger partial charge in [-0.2, -0.15) is 0 Å². The number of nitrogens with zero attached hydrogens (tertiary/aromatic N) is 2. The zero-order chi connectivity index (χ0) is 17.9. The quantitative estimate of drug-likeness (QED) is 0.835. The van der Waals surface area contributed by atoms with Crippen LogP contribution >= 0.6 is 0 Å². The summed E-state index contributed by atoms with van der Waals surface area (Å²) in [6.45, 7) is 7.68. The highest BCUT2D eigenvalue weighted by Gasteiger charge is 2.33. The third-order valence-corrected chi connectivity index (χ3v) is 4.10. The normalized spacial score (nSPS) is 18.5. The van der Waals surface area contributed by atoms with Crippen LogP contribution in [0.2, 0.25) is 0 Å². The van der Waals surface area contributed by atoms with E-state index < -0.39 is 17.7 Å². The van der Waals surface area contributed by atoms with Gasteiger partial charge in [-0.05, 0) is 32.8 Å². The molecule has 6 nitrogen and oxygen atoms in total. The molecule has 1 fully saturated rings. The maximum atomic E-state index is 12.6. The third kappa shape index (κ3) is 3.98. The highest BCUT2D eigenvalue weighted by Crippen LogP contribution is 2.26. The van der Waals surface area contributed by atoms with E-state index in [0.717, 1.165) is 12.5 Å². The SMILES string of the molecule is C=CC(=O)N1CCC[C@@H](C(=O)NC(C)(C)c2cc(C(F)F)on2)C1. The maximum Gasteiger partial charge on any atom is 0.298 e. The Bertz CT molecular complexity index is 628. The molecule has 0 radical (unpaired) electrons. The van der Waals surface area contributed by atoms with Gasteiger partial charge in [0.25, 0.3) is 6.43 Å². The van der Waals surface area contributed by atoms with Crippen molar-refractivity contribution in [1.82, 2.24) is 15.4 Å². The Morgan fingerprint density at radius 3 is 2.83 bits per heavy atom. The van der Waals surface area contributed by atoms with Crippen LogP contribution in [0.15, 0.2) is 23.2 Å². The molecule has 1 aromatic heterocycles. The van der Waals surface area contributed by atoms with Crippen LogP contribution in [0, 0.1) is 5.92 Å². The van der Waals surface area contributed by atoms with Crippen LogP contribution < -0.4 is 5.32 Å². The Morgan fingerprint density at radius 2 is 2.25 bits per heavy atom. The van der Waals surface area contributed by atoms with Crippen LogP contribution in [0.5, 0.6) is 0 Å². The number of halogens is 2. The molecule has 8 heteroatoms. The minimum Gasteiger partial charge on any atom is -0.355 e. The van der Waals surface area contributed by atoms with E-state index in [4.69, 9.17) is 0 Å². The standard InChI is InChI=1S/C16H21F2N3O3/c1-4-13(22)21-7-5-6-10(9-21)15(23)19-16(2,3)12-8-11(14(17)18)24-20-12/h4,8,10,14H,1,5-7,9H2,2-3H3,(H,19,23)/t10-/m1/s1. The summed E-state index contributed by atoms with van der Waals surface area (Å²) < 4.78 is 29.8. The molecule has 2 amide bonds. The van der Waals surface area contributed by atoms with E-state index in [1.54, 1.807) is 18.7 Å². The Hall–Kier alpha value is -2.25. The average molecular weight is 341 g/mol. The number of likely N-dealkylation sites (tertiary alicyclic amines) is 1. The molecule has 2 rings (SSSR count). The first-order chi connectivity index (χ1) is 11.2. The van der Waals surface area contributed by atoms with Gasteiger partial charge in [0.05, 0.1) is 11.5 Å². The number of amides is 2. The van der Waals surface area contributed by atoms with Gasteiger partial charge in [0, 0.05) is 19.2 Å². The van der Waals surface area contributed by atoms with Crippen molar-refractivity contribution in [3.63, 3.8) is 0 Å². The second kappa shape index (κ2) is 7.11. The molecule has 2 heterocycles. The van der Waals surface area contributed by atoms with Crippen LogP contribution in [0.25, 0.3) is 0 Å². The molecular formula is C16H21F2N3O3. The van der Waals surface area contributed by atoms with Gasteiger partial charge in [-0.15, -0.1) is 0 Å². The van der Waals surface area contributed by atoms with Gasteiger partial charge in [-0.3, -0.25) is 9.59 Å². The number of piperidine rings is 1. The summed E-state index contributed by atoms with van der Waals surface area (Å²) in [5, 5.41) is 6.42. The molecular weight excluding hydrogens is 320 g/mol. The fourth-order valence-corrected chi connectivity index (χ4v) is 2.68. The minimum absolute atomic E-state index is 0.204. The van der Waals surface area contributed by atoms with Gasteiger partial charge in [0.1, 0.15) is 5.69 Å². The Kier molecular flexibility index (Phi) is 5.36. The van der Waals surface area contributed by atoms with Crippen molar-refractivity contribution < 1.29 is 22.9 Å². The van der Waals surface area contributed by atoms with Crippen molar-refractivity contribution in [2.24, 2.45) is 5.92 Å². The Morgan fingerprint density at radius 1 is 1.54 bits per heavy atom. The fraction of sp³-hybridized carbons (Fsp3) is 0.562. The number of hydrogen-bond donors (Lipinski definition) is 1. The number of carbonyl (C=O) groups is 2. The highest BCUT2D eigenvalue weighted by molar-refractivity contribution is 5.88. The van der Waals surface area contributed by atoms with E-state index in [9.17, 15) is 18.4 Å². The predicted molar refractivity (Wildman–Crippen MR) is 82.1 cm³/mol. The summed E-state index contributed by atoms with van der Waals surface area (Å²) >= 11 is 0. The molecule has 1 atom stereocenters. The van der Waals surface area contributed by atoms with Gasteiger partial charge < -0.3 is 14.7 Å². The molecule has 0 saturated carbocycles. The van der Waals surface area contributed by atoms with Crippen LogP contribution in [0.1, 0.15) is 44.6 Å². The summed E-state index contributed by atoms with van der Waals surface area (Å²) in [5.41, 5.74) is -0.737. The molecule has 0 unspecified atom stereocenters. The zero-order valence-electron chi connectivity index (χ0n) is 13.7. The molecule has 0 aliphatic carbocycles. The van der Waals surface area contributed by atoms with E-state index in [-0.39, 0.29) is 23.4 Å². The molecule has 1 saturated heterocycles. The van der Waals surface area contributed by atoms with Crippen LogP contribution in [-0.2, 0) is 15.1 Å². The van der Waals surface area contributed by atoms with E-state index >= 15 is 0 Å². The lowest BCUT2D eigenvalue weighted by atomic mass is 9.94. The van der Waals surface area contributed by atoms with Crippen LogP contribution in [0.4, 0.5) is 8.78 Å². The highest BCUT2D eigenvalue weighted by atomic mass is 19.3. The van der Waals surface area contributed by atoms with Gasteiger partial charge in [-0.1, -0.05) is 11.7 Å². The van der Waals surface area contributed by atoms with E-state index in [2.05, 4.69) is 21.6 Å². The summed E-state index contributed by atoms with van der Waals surface area (Å²) in [6.07, 6.45) is -0.151. The largest absolute Gasteiger partial charge is 0.355 e. The van der Waals surface area contributed by atoms with Crippen molar-refractivity contribution in [1.29, 1.82) is 0 Å². The van der Waals surface area contributed by atoms with Gasteiger partial charge >= 0.3 is 0 Å². The number of hydrogen-bond acceptors (Lipinski definition) is 4. The van der Waals surface area contributed by atoms with Gasteiger partial charge in [0.2, 0.25) is 17.6 Å². The van der Waals surface area contributed by atoms with Crippen molar-refractivity contribution in [2.45, 2.75) is 38.7 Å². The second-order valence-electron chi connectivity index (χ2n) is 6.36. The van der Waals surface area contributed by atoms with Crippen molar-refractivity contribution >= 4 is 11.8 Å². The Balaban J connectivity index is 2.04. The minimum atomic E-state index is -2.76. The maximum absolute atomic E-state index is 12.6. The second-order valence-corrected chi connectivity index (χ2v) is 6.36. The molecule has 0 bridgehead atoms. The summed E-state index contributed by atoms with van der Waals surface area (Å²) in [5.74, 6) is -1.34. The number of aromatic nitrogens is 1. The van der Waals surface area contributed by atoms with Crippen LogP contribution in [0.3, 0.4) is 0 Å². The predicted octanol–water partition coefficient (Wildman–Crippen LogP) is 2.39. The molecule has 0 aromatic carbocycles. The lowest BCUT2D eigenvalue weighted by molar-refractivity contribution is -0.133. The molecule has 132 valence electrons. The smallest absolute Gasteiger partial charge is 0.298 e. The van der Waals surface area contributed by atoms with Gasteiger partial charge in [0.15, 0.2) is 0 Å². The number of alkyl halides is 2. The Labute approximate surface area is 138 Å². The average Bonchev–Trinajstić information content (AvgIpc) is 3.05. The number of rotatable bonds is 5. The monoisotopic (exact) mass is 341 g/mol. The van der Waals surface area contributed by atoms with Crippen LogP contribution in [-0.4, -0.2) is 35.0 Å². The fourth-order valence-electron chi connectivity index (χ4n) is 2.68. The molecule has 1 aliphatic rings. The lowest BCUT2D eigenvalue weighted by Crippen LogP contribution is -2.49. The van der Waals surface area contributed by atoms with E-state index in [1.165, 1.54) is 6.08 Å². The third-order valence-electron chi connectivity index (χ3n) is 4.10. The molecule has 0 spiro atoms. The topological polar surface area (TPSA) is 75.4 Å². The first-order valence-electron chi connectivity index (χ1n) is 7.73. The number of carbonyl (C=O) groups excluding carboxylic acids is 2. The zero-order valence-corrected chi connectivity index (χ0v) is 13.7. The van der Waals surface area contributed by atoms with Gasteiger partial charge in [-0.25, -0.2) is 8.78 Å². The van der Waals surface area contributed by atoms with Crippen molar-refractivity contribution in [3.05, 3.63) is 30.2 Å². The summed E-state index contributed by atoms with van der Waals surface area (Å²) in [4.78, 5) is 25.8. The van der Waals surface area contributed by atoms with Crippen molar-refractivity contribution in [3.8, 4) is 0 Å². The molecule has 24 heavy (non-hydrogen) atoms. The van der Waals surface area contributed by atoms with Crippen molar-refractivity contribution in [2.75, 3.05) is 13.1 Å². The summed E-state index contributed by atoms with van der Waals surface area (Å²) in [6, 6.07) is 1.14. The first-order valence-corrected chi connectivity index (χ1v) is 7.73. The first kappa shape index (κ1) is 18.1. The molecule has 1 N–H and O–H groups in total. The van der Waals surface area contributed by atoms with E-state index in [0.29, 0.717) is 19.5 Å². The number of nitrogens with one attached hydrogen (secondary N) is 1. The van der Waals surface area contributed by atoms with E-state index in [1.807, 2.05) is 0 Å². The summed E-state index contributed by atoms with van der Waals surface area (Å²) in [7, 11) is 0.